The molecular formula is C25H34N6O5S. The van der Waals surface area contributed by atoms with E-state index in [0.717, 1.165) is 5.56 Å². The van der Waals surface area contributed by atoms with Crippen LogP contribution in [0.15, 0.2) is 42.9 Å². The zero-order valence-electron chi connectivity index (χ0n) is 20.8. The summed E-state index contributed by atoms with van der Waals surface area (Å²) in [7, 11) is 0. The highest BCUT2D eigenvalue weighted by molar-refractivity contribution is 7.98. The number of aromatic nitrogens is 2. The van der Waals surface area contributed by atoms with Crippen LogP contribution < -0.4 is 16.4 Å². The number of imidazole rings is 1. The molecule has 1 saturated heterocycles. The van der Waals surface area contributed by atoms with Crippen molar-refractivity contribution < 1.29 is 24.3 Å². The van der Waals surface area contributed by atoms with Gasteiger partial charge in [0.2, 0.25) is 17.7 Å². The number of carbonyl (C=O) groups is 4. The third-order valence-corrected chi connectivity index (χ3v) is 6.94. The number of benzene rings is 1. The maximum absolute atomic E-state index is 13.5. The average molecular weight is 531 g/mol. The molecule has 0 radical (unpaired) electrons. The lowest BCUT2D eigenvalue weighted by molar-refractivity contribution is -0.144. The first kappa shape index (κ1) is 28.2. The number of carboxylic acid groups (broad SMARTS) is 1. The molecule has 11 nitrogen and oxygen atoms in total. The van der Waals surface area contributed by atoms with Crippen LogP contribution >= 0.6 is 11.8 Å². The molecule has 0 aliphatic carbocycles. The molecule has 1 aliphatic rings. The van der Waals surface area contributed by atoms with Gasteiger partial charge >= 0.3 is 5.97 Å². The van der Waals surface area contributed by atoms with Crippen LogP contribution in [0.2, 0.25) is 0 Å². The number of nitrogens with two attached hydrogens (primary N) is 1. The Morgan fingerprint density at radius 2 is 1.95 bits per heavy atom. The van der Waals surface area contributed by atoms with E-state index in [0.29, 0.717) is 37.3 Å². The summed E-state index contributed by atoms with van der Waals surface area (Å²) in [4.78, 5) is 59.5. The summed E-state index contributed by atoms with van der Waals surface area (Å²) in [6.45, 7) is 0.346. The van der Waals surface area contributed by atoms with E-state index >= 15 is 0 Å². The van der Waals surface area contributed by atoms with Gasteiger partial charge in [0.1, 0.15) is 18.1 Å². The molecule has 1 fully saturated rings. The number of hydrogen-bond donors (Lipinski definition) is 5. The smallest absolute Gasteiger partial charge is 0.326 e. The lowest BCUT2D eigenvalue weighted by atomic mass is 10.0. The van der Waals surface area contributed by atoms with Gasteiger partial charge in [0.25, 0.3) is 0 Å². The highest BCUT2D eigenvalue weighted by Gasteiger charge is 2.39. The number of thioether (sulfide) groups is 1. The Morgan fingerprint density at radius 3 is 2.59 bits per heavy atom. The highest BCUT2D eigenvalue weighted by atomic mass is 32.2. The van der Waals surface area contributed by atoms with Gasteiger partial charge in [0.15, 0.2) is 0 Å². The Hall–Kier alpha value is -3.38. The van der Waals surface area contributed by atoms with Crippen LogP contribution in [0.3, 0.4) is 0 Å². The van der Waals surface area contributed by atoms with E-state index in [1.54, 1.807) is 30.5 Å². The normalized spacial score (nSPS) is 17.6. The standard InChI is InChI=1S/C25H34N6O5S/c1-37-11-9-19(29-22(32)18(26)13-17-14-27-15-28-17)24(34)31-10-5-8-21(31)23(33)30-20(25(35)36)12-16-6-3-2-4-7-16/h2-4,6-7,14-15,18-21H,5,8-13,26H2,1H3,(H,27,28)(H,29,32)(H,30,33)(H,35,36). The Balaban J connectivity index is 1.66. The number of rotatable bonds is 13. The first-order chi connectivity index (χ1) is 17.8. The van der Waals surface area contributed by atoms with E-state index in [1.807, 2.05) is 12.3 Å². The number of carbonyl (C=O) groups excluding carboxylic acids is 3. The van der Waals surface area contributed by atoms with Gasteiger partial charge in [-0.05, 0) is 36.8 Å². The quantitative estimate of drug-likeness (QED) is 0.246. The summed E-state index contributed by atoms with van der Waals surface area (Å²) in [5.74, 6) is -1.88. The Kier molecular flexibility index (Phi) is 10.5. The summed E-state index contributed by atoms with van der Waals surface area (Å²) >= 11 is 1.54. The van der Waals surface area contributed by atoms with Crippen LogP contribution in [0.4, 0.5) is 0 Å². The number of nitrogens with zero attached hydrogens (tertiary/aromatic N) is 2. The zero-order valence-corrected chi connectivity index (χ0v) is 21.6. The van der Waals surface area contributed by atoms with Crippen molar-refractivity contribution in [2.45, 2.75) is 56.3 Å². The summed E-state index contributed by atoms with van der Waals surface area (Å²) in [5, 5.41) is 15.0. The molecule has 1 aromatic carbocycles. The average Bonchev–Trinajstić information content (AvgIpc) is 3.58. The summed E-state index contributed by atoms with van der Waals surface area (Å²) in [6.07, 6.45) is 6.74. The van der Waals surface area contributed by atoms with Crippen LogP contribution in [0.5, 0.6) is 0 Å². The van der Waals surface area contributed by atoms with E-state index in [4.69, 9.17) is 5.73 Å². The van der Waals surface area contributed by atoms with E-state index in [2.05, 4.69) is 20.6 Å². The van der Waals surface area contributed by atoms with Gasteiger partial charge in [0.05, 0.1) is 12.4 Å². The van der Waals surface area contributed by atoms with Crippen LogP contribution in [-0.2, 0) is 32.0 Å². The number of likely N-dealkylation sites (tertiary alicyclic amines) is 1. The second-order valence-corrected chi connectivity index (χ2v) is 9.99. The molecule has 200 valence electrons. The van der Waals surface area contributed by atoms with E-state index in [-0.39, 0.29) is 18.7 Å². The molecule has 1 aromatic heterocycles. The maximum Gasteiger partial charge on any atom is 0.326 e. The molecule has 0 saturated carbocycles. The first-order valence-electron chi connectivity index (χ1n) is 12.2. The van der Waals surface area contributed by atoms with Crippen molar-refractivity contribution in [1.29, 1.82) is 0 Å². The van der Waals surface area contributed by atoms with Gasteiger partial charge in [-0.25, -0.2) is 9.78 Å². The van der Waals surface area contributed by atoms with Crippen LogP contribution in [0.1, 0.15) is 30.5 Å². The second kappa shape index (κ2) is 13.8. The van der Waals surface area contributed by atoms with E-state index in [1.165, 1.54) is 23.0 Å². The summed E-state index contributed by atoms with van der Waals surface area (Å²) in [6, 6.07) is 5.37. The van der Waals surface area contributed by atoms with Crippen molar-refractivity contribution in [3.8, 4) is 0 Å². The van der Waals surface area contributed by atoms with Crippen molar-refractivity contribution in [1.82, 2.24) is 25.5 Å². The molecule has 37 heavy (non-hydrogen) atoms. The third-order valence-electron chi connectivity index (χ3n) is 6.29. The van der Waals surface area contributed by atoms with Crippen LogP contribution in [-0.4, -0.2) is 86.4 Å². The number of amides is 3. The molecule has 6 N–H and O–H groups in total. The highest BCUT2D eigenvalue weighted by Crippen LogP contribution is 2.20. The number of nitrogens with one attached hydrogen (secondary N) is 3. The molecule has 0 bridgehead atoms. The minimum absolute atomic E-state index is 0.128. The largest absolute Gasteiger partial charge is 0.480 e. The molecular weight excluding hydrogens is 496 g/mol. The topological polar surface area (TPSA) is 171 Å². The van der Waals surface area contributed by atoms with Crippen molar-refractivity contribution in [2.24, 2.45) is 5.73 Å². The number of aromatic amines is 1. The van der Waals surface area contributed by atoms with Gasteiger partial charge < -0.3 is 31.4 Å². The van der Waals surface area contributed by atoms with Crippen molar-refractivity contribution in [2.75, 3.05) is 18.6 Å². The van der Waals surface area contributed by atoms with Crippen LogP contribution in [0.25, 0.3) is 0 Å². The van der Waals surface area contributed by atoms with Gasteiger partial charge in [0, 0.05) is 31.3 Å². The SMILES string of the molecule is CSCCC(NC(=O)C(N)Cc1cnc[nH]1)C(=O)N1CCCC1C(=O)NC(Cc1ccccc1)C(=O)O. The molecule has 1 aliphatic heterocycles. The molecule has 12 heteroatoms. The predicted molar refractivity (Wildman–Crippen MR) is 140 cm³/mol. The first-order valence-corrected chi connectivity index (χ1v) is 13.6. The minimum Gasteiger partial charge on any atom is -0.480 e. The molecule has 3 rings (SSSR count). The fourth-order valence-corrected chi connectivity index (χ4v) is 4.79. The Labute approximate surface area is 220 Å². The zero-order chi connectivity index (χ0) is 26.8. The molecule has 2 aromatic rings. The fraction of sp³-hybridized carbons (Fsp3) is 0.480. The summed E-state index contributed by atoms with van der Waals surface area (Å²) in [5.41, 5.74) is 7.53. The molecule has 0 spiro atoms. The van der Waals surface area contributed by atoms with Gasteiger partial charge in [-0.1, -0.05) is 30.3 Å². The van der Waals surface area contributed by atoms with Crippen molar-refractivity contribution >= 4 is 35.5 Å². The number of H-pyrrole nitrogens is 1. The third kappa shape index (κ3) is 8.05. The second-order valence-electron chi connectivity index (χ2n) is 9.01. The Morgan fingerprint density at radius 1 is 1.19 bits per heavy atom. The van der Waals surface area contributed by atoms with E-state index < -0.39 is 42.0 Å². The van der Waals surface area contributed by atoms with Gasteiger partial charge in [-0.3, -0.25) is 14.4 Å². The molecule has 3 amide bonds. The maximum atomic E-state index is 13.5. The van der Waals surface area contributed by atoms with Crippen molar-refractivity contribution in [3.05, 3.63) is 54.1 Å². The van der Waals surface area contributed by atoms with Gasteiger partial charge in [-0.15, -0.1) is 0 Å². The molecule has 4 unspecified atom stereocenters. The summed E-state index contributed by atoms with van der Waals surface area (Å²) < 4.78 is 0. The van der Waals surface area contributed by atoms with Crippen LogP contribution in [0, 0.1) is 0 Å². The predicted octanol–water partition coefficient (Wildman–Crippen LogP) is 0.321. The van der Waals surface area contributed by atoms with E-state index in [9.17, 15) is 24.3 Å². The van der Waals surface area contributed by atoms with Crippen molar-refractivity contribution in [3.63, 3.8) is 0 Å². The number of carboxylic acids is 1. The number of aliphatic carboxylic acids is 1. The minimum atomic E-state index is -1.15. The lowest BCUT2D eigenvalue weighted by Crippen LogP contribution is -2.57. The van der Waals surface area contributed by atoms with Gasteiger partial charge in [-0.2, -0.15) is 11.8 Å². The lowest BCUT2D eigenvalue weighted by Gasteiger charge is -2.30. The number of hydrogen-bond acceptors (Lipinski definition) is 7. The Bertz CT molecular complexity index is 1050. The monoisotopic (exact) mass is 530 g/mol. The molecule has 2 heterocycles. The molecule has 4 atom stereocenters. The fourth-order valence-electron chi connectivity index (χ4n) is 4.32.